The maximum Gasteiger partial charge on any atom is 0.285 e. The number of nitrogens with one attached hydrogen (secondary N) is 1. The number of rotatable bonds is 5. The summed E-state index contributed by atoms with van der Waals surface area (Å²) in [5.41, 5.74) is 1.81. The molecule has 0 saturated heterocycles. The highest BCUT2D eigenvalue weighted by Gasteiger charge is 2.28. The van der Waals surface area contributed by atoms with E-state index in [2.05, 4.69) is 16.6 Å². The fraction of sp³-hybridized carbons (Fsp3) is 0.263. The van der Waals surface area contributed by atoms with E-state index in [9.17, 15) is 13.2 Å². The minimum atomic E-state index is -3.65. The van der Waals surface area contributed by atoms with Crippen LogP contribution in [-0.2, 0) is 10.0 Å². The lowest BCUT2D eigenvalue weighted by Crippen LogP contribution is -2.27. The minimum Gasteiger partial charge on any atom is -0.342 e. The van der Waals surface area contributed by atoms with Crippen LogP contribution >= 0.6 is 0 Å². The Hall–Kier alpha value is -2.67. The molecule has 1 heterocycles. The number of carbonyl (C=O) groups excluding carboxylic acids is 1. The summed E-state index contributed by atoms with van der Waals surface area (Å²) < 4.78 is 28.0. The molecule has 7 heteroatoms. The molecular weight excluding hydrogens is 350 g/mol. The maximum atomic E-state index is 12.4. The molecule has 1 aliphatic heterocycles. The van der Waals surface area contributed by atoms with Crippen LogP contribution in [0.1, 0.15) is 35.7 Å². The van der Waals surface area contributed by atoms with E-state index in [4.69, 9.17) is 0 Å². The third kappa shape index (κ3) is 3.62. The number of amides is 1. The molecule has 0 saturated carbocycles. The topological polar surface area (TPSA) is 78.8 Å². The van der Waals surface area contributed by atoms with Gasteiger partial charge in [-0.25, -0.2) is 0 Å². The quantitative estimate of drug-likeness (QED) is 0.876. The second-order valence-corrected chi connectivity index (χ2v) is 7.77. The second kappa shape index (κ2) is 7.29. The third-order valence-electron chi connectivity index (χ3n) is 4.22. The predicted octanol–water partition coefficient (Wildman–Crippen LogP) is 3.12. The first kappa shape index (κ1) is 18.1. The largest absolute Gasteiger partial charge is 0.342 e. The van der Waals surface area contributed by atoms with Crippen molar-refractivity contribution in [3.8, 4) is 0 Å². The normalized spacial score (nSPS) is 14.5. The number of unbranched alkanes of at least 4 members (excludes halogenated alkanes) is 1. The van der Waals surface area contributed by atoms with Gasteiger partial charge in [0.05, 0.1) is 0 Å². The number of benzene rings is 2. The van der Waals surface area contributed by atoms with Crippen molar-refractivity contribution in [3.63, 3.8) is 0 Å². The molecule has 6 nitrogen and oxygen atoms in total. The summed E-state index contributed by atoms with van der Waals surface area (Å²) in [4.78, 5) is 14.3. The number of amidine groups is 1. The van der Waals surface area contributed by atoms with Crippen LogP contribution in [-0.4, -0.2) is 38.7 Å². The zero-order valence-electron chi connectivity index (χ0n) is 14.8. The molecule has 1 N–H and O–H groups in total. The predicted molar refractivity (Wildman–Crippen MR) is 102 cm³/mol. The number of hydrogen-bond acceptors (Lipinski definition) is 4. The Morgan fingerprint density at radius 3 is 2.50 bits per heavy atom. The molecule has 2 aromatic rings. The van der Waals surface area contributed by atoms with Gasteiger partial charge in [-0.2, -0.15) is 8.42 Å². The highest BCUT2D eigenvalue weighted by molar-refractivity contribution is 7.90. The maximum absolute atomic E-state index is 12.4. The Bertz CT molecular complexity index is 950. The van der Waals surface area contributed by atoms with Crippen LogP contribution in [0.4, 0.5) is 5.69 Å². The van der Waals surface area contributed by atoms with Crippen LogP contribution < -0.4 is 5.32 Å². The van der Waals surface area contributed by atoms with E-state index in [0.29, 0.717) is 22.6 Å². The molecule has 1 aliphatic rings. The Morgan fingerprint density at radius 2 is 1.81 bits per heavy atom. The summed E-state index contributed by atoms with van der Waals surface area (Å²) >= 11 is 0. The SMILES string of the molecule is CCCCN(C)C(=O)c1ccc(NC2=NS(=O)(=O)c3ccccc32)cc1. The van der Waals surface area contributed by atoms with Crippen LogP contribution in [0.2, 0.25) is 0 Å². The van der Waals surface area contributed by atoms with E-state index in [0.717, 1.165) is 19.4 Å². The Balaban J connectivity index is 1.76. The average molecular weight is 371 g/mol. The van der Waals surface area contributed by atoms with Crippen LogP contribution in [0.3, 0.4) is 0 Å². The first-order chi connectivity index (χ1) is 12.4. The van der Waals surface area contributed by atoms with Gasteiger partial charge in [0.2, 0.25) is 0 Å². The number of nitrogens with zero attached hydrogens (tertiary/aromatic N) is 2. The van der Waals surface area contributed by atoms with Crippen molar-refractivity contribution in [2.24, 2.45) is 4.40 Å². The third-order valence-corrected chi connectivity index (χ3v) is 5.55. The van der Waals surface area contributed by atoms with Gasteiger partial charge in [-0.1, -0.05) is 25.5 Å². The molecule has 3 rings (SSSR count). The first-order valence-electron chi connectivity index (χ1n) is 8.49. The van der Waals surface area contributed by atoms with Gasteiger partial charge in [0.25, 0.3) is 15.9 Å². The summed E-state index contributed by atoms with van der Waals surface area (Å²) in [5.74, 6) is 0.260. The van der Waals surface area contributed by atoms with Gasteiger partial charge in [-0.05, 0) is 42.8 Å². The van der Waals surface area contributed by atoms with Crippen LogP contribution in [0.15, 0.2) is 57.8 Å². The molecule has 0 aliphatic carbocycles. The summed E-state index contributed by atoms with van der Waals surface area (Å²) in [6.45, 7) is 2.81. The summed E-state index contributed by atoms with van der Waals surface area (Å²) in [7, 11) is -1.86. The average Bonchev–Trinajstić information content (AvgIpc) is 2.90. The Kier molecular flexibility index (Phi) is 5.08. The molecule has 0 unspecified atom stereocenters. The number of sulfonamides is 1. The van der Waals surface area contributed by atoms with Crippen molar-refractivity contribution in [1.29, 1.82) is 0 Å². The zero-order valence-corrected chi connectivity index (χ0v) is 15.6. The van der Waals surface area contributed by atoms with Crippen molar-refractivity contribution >= 4 is 27.5 Å². The van der Waals surface area contributed by atoms with Gasteiger partial charge in [-0.15, -0.1) is 4.40 Å². The van der Waals surface area contributed by atoms with Gasteiger partial charge < -0.3 is 10.2 Å². The summed E-state index contributed by atoms with van der Waals surface area (Å²) in [6, 6.07) is 13.6. The fourth-order valence-corrected chi connectivity index (χ4v) is 3.92. The van der Waals surface area contributed by atoms with Crippen molar-refractivity contribution in [2.75, 3.05) is 18.9 Å². The van der Waals surface area contributed by atoms with Gasteiger partial charge >= 0.3 is 0 Å². The molecule has 0 spiro atoms. The molecule has 0 fully saturated rings. The molecule has 0 radical (unpaired) electrons. The monoisotopic (exact) mass is 371 g/mol. The smallest absolute Gasteiger partial charge is 0.285 e. The van der Waals surface area contributed by atoms with E-state index in [1.54, 1.807) is 54.4 Å². The van der Waals surface area contributed by atoms with E-state index >= 15 is 0 Å². The van der Waals surface area contributed by atoms with Gasteiger partial charge in [0, 0.05) is 30.4 Å². The number of carbonyl (C=O) groups is 1. The number of fused-ring (bicyclic) bond motifs is 1. The van der Waals surface area contributed by atoms with E-state index in [-0.39, 0.29) is 10.8 Å². The minimum absolute atomic E-state index is 0.0314. The first-order valence-corrected chi connectivity index (χ1v) is 9.93. The molecule has 1 amide bonds. The Labute approximate surface area is 153 Å². The number of anilines is 1. The molecule has 0 bridgehead atoms. The second-order valence-electron chi connectivity index (χ2n) is 6.19. The zero-order chi connectivity index (χ0) is 18.7. The lowest BCUT2D eigenvalue weighted by molar-refractivity contribution is 0.0793. The molecule has 136 valence electrons. The standard InChI is InChI=1S/C19H21N3O3S/c1-3-4-13-22(2)19(23)14-9-11-15(12-10-14)20-18-16-7-5-6-8-17(16)26(24,25)21-18/h5-12H,3-4,13H2,1-2H3,(H,20,21). The molecular formula is C19H21N3O3S. The van der Waals surface area contributed by atoms with Crippen molar-refractivity contribution in [1.82, 2.24) is 4.90 Å². The molecule has 2 aromatic carbocycles. The molecule has 26 heavy (non-hydrogen) atoms. The van der Waals surface area contributed by atoms with Crippen molar-refractivity contribution in [3.05, 3.63) is 59.7 Å². The van der Waals surface area contributed by atoms with E-state index in [1.165, 1.54) is 6.07 Å². The highest BCUT2D eigenvalue weighted by Crippen LogP contribution is 2.26. The van der Waals surface area contributed by atoms with Crippen LogP contribution in [0.5, 0.6) is 0 Å². The highest BCUT2D eigenvalue weighted by atomic mass is 32.2. The summed E-state index contributed by atoms with van der Waals surface area (Å²) in [6.07, 6.45) is 2.00. The van der Waals surface area contributed by atoms with Crippen molar-refractivity contribution < 1.29 is 13.2 Å². The lowest BCUT2D eigenvalue weighted by Gasteiger charge is -2.17. The van der Waals surface area contributed by atoms with E-state index < -0.39 is 10.0 Å². The molecule has 0 atom stereocenters. The molecule has 0 aromatic heterocycles. The van der Waals surface area contributed by atoms with Gasteiger partial charge in [0.15, 0.2) is 5.84 Å². The fourth-order valence-electron chi connectivity index (χ4n) is 2.75. The summed E-state index contributed by atoms with van der Waals surface area (Å²) in [5, 5.41) is 3.03. The lowest BCUT2D eigenvalue weighted by atomic mass is 10.1. The number of hydrogen-bond donors (Lipinski definition) is 1. The Morgan fingerprint density at radius 1 is 1.12 bits per heavy atom. The van der Waals surface area contributed by atoms with Crippen LogP contribution in [0, 0.1) is 0 Å². The van der Waals surface area contributed by atoms with Crippen molar-refractivity contribution in [2.45, 2.75) is 24.7 Å². The van der Waals surface area contributed by atoms with Gasteiger partial charge in [0.1, 0.15) is 4.90 Å². The van der Waals surface area contributed by atoms with E-state index in [1.807, 2.05) is 0 Å². The van der Waals surface area contributed by atoms with Crippen LogP contribution in [0.25, 0.3) is 0 Å². The van der Waals surface area contributed by atoms with Gasteiger partial charge in [-0.3, -0.25) is 4.79 Å².